The normalized spacial score (nSPS) is 25.5. The van der Waals surface area contributed by atoms with E-state index in [4.69, 9.17) is 5.41 Å². The summed E-state index contributed by atoms with van der Waals surface area (Å²) in [6.07, 6.45) is 4.53. The Labute approximate surface area is 74.6 Å². The molecule has 1 atom stereocenters. The van der Waals surface area contributed by atoms with E-state index in [1.165, 1.54) is 18.4 Å². The highest BCUT2D eigenvalue weighted by Crippen LogP contribution is 2.18. The van der Waals surface area contributed by atoms with E-state index < -0.39 is 0 Å². The Morgan fingerprint density at radius 3 is 2.75 bits per heavy atom. The standard InChI is InChI=1S/C10H18N2/c1-8(6-9(2)11)10-4-3-5-12-7-10/h6,10-12H,3-5,7H2,1-2H3/b8-6+,11-9?. The van der Waals surface area contributed by atoms with Crippen molar-refractivity contribution >= 4 is 5.71 Å². The zero-order valence-electron chi connectivity index (χ0n) is 7.98. The van der Waals surface area contributed by atoms with Crippen LogP contribution in [0.5, 0.6) is 0 Å². The van der Waals surface area contributed by atoms with Crippen LogP contribution in [-0.2, 0) is 0 Å². The molecule has 0 aromatic carbocycles. The Balaban J connectivity index is 2.49. The molecule has 0 aromatic heterocycles. The van der Waals surface area contributed by atoms with Gasteiger partial charge >= 0.3 is 0 Å². The van der Waals surface area contributed by atoms with Gasteiger partial charge in [-0.3, -0.25) is 0 Å². The third kappa shape index (κ3) is 2.78. The summed E-state index contributed by atoms with van der Waals surface area (Å²) in [4.78, 5) is 0. The molecule has 0 aromatic rings. The maximum atomic E-state index is 7.35. The molecule has 0 radical (unpaired) electrons. The third-order valence-electron chi connectivity index (χ3n) is 2.39. The number of allylic oxidation sites excluding steroid dienone is 1. The molecule has 2 nitrogen and oxygen atoms in total. The Morgan fingerprint density at radius 1 is 1.50 bits per heavy atom. The molecule has 1 rings (SSSR count). The minimum absolute atomic E-state index is 0.665. The average molecular weight is 166 g/mol. The monoisotopic (exact) mass is 166 g/mol. The van der Waals surface area contributed by atoms with Crippen LogP contribution in [0.4, 0.5) is 0 Å². The summed E-state index contributed by atoms with van der Waals surface area (Å²) >= 11 is 0. The second-order valence-corrected chi connectivity index (χ2v) is 3.61. The molecule has 1 unspecified atom stereocenters. The molecule has 68 valence electrons. The van der Waals surface area contributed by atoms with Crippen molar-refractivity contribution < 1.29 is 0 Å². The third-order valence-corrected chi connectivity index (χ3v) is 2.39. The van der Waals surface area contributed by atoms with Crippen LogP contribution in [0.1, 0.15) is 26.7 Å². The fraction of sp³-hybridized carbons (Fsp3) is 0.700. The molecule has 12 heavy (non-hydrogen) atoms. The predicted molar refractivity (Wildman–Crippen MR) is 52.8 cm³/mol. The molecular weight excluding hydrogens is 148 g/mol. The molecule has 1 aliphatic rings. The van der Waals surface area contributed by atoms with Gasteiger partial charge in [-0.05, 0) is 45.2 Å². The quantitative estimate of drug-likeness (QED) is 0.604. The summed E-state index contributed by atoms with van der Waals surface area (Å²) in [6, 6.07) is 0. The van der Waals surface area contributed by atoms with Crippen molar-refractivity contribution in [2.75, 3.05) is 13.1 Å². The second kappa shape index (κ2) is 4.41. The minimum Gasteiger partial charge on any atom is -0.316 e. The van der Waals surface area contributed by atoms with Crippen LogP contribution in [-0.4, -0.2) is 18.8 Å². The van der Waals surface area contributed by atoms with Gasteiger partial charge < -0.3 is 10.7 Å². The highest BCUT2D eigenvalue weighted by atomic mass is 14.9. The van der Waals surface area contributed by atoms with Gasteiger partial charge in [0.15, 0.2) is 0 Å². The highest BCUT2D eigenvalue weighted by Gasteiger charge is 2.13. The lowest BCUT2D eigenvalue weighted by Crippen LogP contribution is -2.30. The van der Waals surface area contributed by atoms with E-state index in [0.29, 0.717) is 11.6 Å². The van der Waals surface area contributed by atoms with Gasteiger partial charge in [-0.2, -0.15) is 0 Å². The zero-order chi connectivity index (χ0) is 8.97. The van der Waals surface area contributed by atoms with Crippen LogP contribution >= 0.6 is 0 Å². The van der Waals surface area contributed by atoms with Crippen LogP contribution in [0.3, 0.4) is 0 Å². The summed E-state index contributed by atoms with van der Waals surface area (Å²) in [6.45, 7) is 6.22. The fourth-order valence-corrected chi connectivity index (χ4v) is 1.70. The molecule has 0 bridgehead atoms. The first-order valence-electron chi connectivity index (χ1n) is 4.64. The lowest BCUT2D eigenvalue weighted by Gasteiger charge is -2.23. The van der Waals surface area contributed by atoms with Crippen molar-refractivity contribution in [3.05, 3.63) is 11.6 Å². The molecule has 1 fully saturated rings. The van der Waals surface area contributed by atoms with Crippen LogP contribution in [0.15, 0.2) is 11.6 Å². The molecule has 0 amide bonds. The van der Waals surface area contributed by atoms with Gasteiger partial charge in [0.05, 0.1) is 0 Å². The van der Waals surface area contributed by atoms with E-state index in [1.54, 1.807) is 0 Å². The van der Waals surface area contributed by atoms with Gasteiger partial charge in [0, 0.05) is 12.3 Å². The van der Waals surface area contributed by atoms with E-state index in [9.17, 15) is 0 Å². The zero-order valence-corrected chi connectivity index (χ0v) is 7.98. The molecule has 1 aliphatic heterocycles. The van der Waals surface area contributed by atoms with Crippen LogP contribution < -0.4 is 5.32 Å². The largest absolute Gasteiger partial charge is 0.316 e. The first kappa shape index (κ1) is 9.46. The summed E-state index contributed by atoms with van der Waals surface area (Å²) in [7, 11) is 0. The van der Waals surface area contributed by atoms with Gasteiger partial charge in [-0.15, -0.1) is 0 Å². The van der Waals surface area contributed by atoms with E-state index in [2.05, 4.69) is 12.2 Å². The van der Waals surface area contributed by atoms with Gasteiger partial charge in [0.1, 0.15) is 0 Å². The van der Waals surface area contributed by atoms with Crippen LogP contribution in [0.2, 0.25) is 0 Å². The van der Waals surface area contributed by atoms with Crippen molar-refractivity contribution in [1.82, 2.24) is 5.32 Å². The van der Waals surface area contributed by atoms with Crippen molar-refractivity contribution in [3.8, 4) is 0 Å². The average Bonchev–Trinajstić information content (AvgIpc) is 2.05. The van der Waals surface area contributed by atoms with Gasteiger partial charge in [0.25, 0.3) is 0 Å². The van der Waals surface area contributed by atoms with Gasteiger partial charge in [0.2, 0.25) is 0 Å². The lowest BCUT2D eigenvalue weighted by atomic mass is 9.92. The Kier molecular flexibility index (Phi) is 3.48. The van der Waals surface area contributed by atoms with Crippen molar-refractivity contribution in [2.45, 2.75) is 26.7 Å². The number of hydrogen-bond donors (Lipinski definition) is 2. The number of rotatable bonds is 2. The van der Waals surface area contributed by atoms with E-state index in [0.717, 1.165) is 13.1 Å². The summed E-state index contributed by atoms with van der Waals surface area (Å²) in [5.41, 5.74) is 2.02. The molecule has 0 spiro atoms. The molecule has 2 heteroatoms. The number of hydrogen-bond acceptors (Lipinski definition) is 2. The smallest absolute Gasteiger partial charge is 0.0282 e. The Hall–Kier alpha value is -0.630. The maximum absolute atomic E-state index is 7.35. The number of nitrogens with one attached hydrogen (secondary N) is 2. The molecule has 0 aliphatic carbocycles. The van der Waals surface area contributed by atoms with E-state index in [1.807, 2.05) is 13.0 Å². The van der Waals surface area contributed by atoms with Crippen molar-refractivity contribution in [3.63, 3.8) is 0 Å². The van der Waals surface area contributed by atoms with Crippen molar-refractivity contribution in [2.24, 2.45) is 5.92 Å². The molecule has 1 saturated heterocycles. The molecule has 0 saturated carbocycles. The summed E-state index contributed by atoms with van der Waals surface area (Å²) in [5.74, 6) is 0.666. The molecule has 1 heterocycles. The van der Waals surface area contributed by atoms with Crippen LogP contribution in [0.25, 0.3) is 0 Å². The Bertz CT molecular complexity index is 188. The summed E-state index contributed by atoms with van der Waals surface area (Å²) < 4.78 is 0. The lowest BCUT2D eigenvalue weighted by molar-refractivity contribution is 0.422. The first-order chi connectivity index (χ1) is 5.70. The number of piperidine rings is 1. The summed E-state index contributed by atoms with van der Waals surface area (Å²) in [5, 5.41) is 10.7. The highest BCUT2D eigenvalue weighted by molar-refractivity contribution is 5.90. The molecular formula is C10H18N2. The Morgan fingerprint density at radius 2 is 2.25 bits per heavy atom. The SMILES string of the molecule is CC(=N)/C=C(\C)C1CCCNC1. The fourth-order valence-electron chi connectivity index (χ4n) is 1.70. The van der Waals surface area contributed by atoms with Crippen LogP contribution in [0, 0.1) is 11.3 Å². The van der Waals surface area contributed by atoms with Gasteiger partial charge in [-0.25, -0.2) is 0 Å². The van der Waals surface area contributed by atoms with E-state index in [-0.39, 0.29) is 0 Å². The predicted octanol–water partition coefficient (Wildman–Crippen LogP) is 1.97. The molecule has 2 N–H and O–H groups in total. The van der Waals surface area contributed by atoms with E-state index >= 15 is 0 Å². The minimum atomic E-state index is 0.665. The van der Waals surface area contributed by atoms with Crippen molar-refractivity contribution in [1.29, 1.82) is 5.41 Å². The topological polar surface area (TPSA) is 35.9 Å². The first-order valence-corrected chi connectivity index (χ1v) is 4.64. The maximum Gasteiger partial charge on any atom is 0.0282 e. The second-order valence-electron chi connectivity index (χ2n) is 3.61. The van der Waals surface area contributed by atoms with Gasteiger partial charge in [-0.1, -0.05) is 5.57 Å².